The molecule has 5 heteroatoms. The number of piperidine rings is 1. The Morgan fingerprint density at radius 3 is 2.52 bits per heavy atom. The molecule has 144 valence electrons. The Labute approximate surface area is 160 Å². The number of aryl methyl sites for hydroxylation is 1. The van der Waals surface area contributed by atoms with Crippen LogP contribution >= 0.6 is 0 Å². The van der Waals surface area contributed by atoms with Gasteiger partial charge in [0.05, 0.1) is 0 Å². The van der Waals surface area contributed by atoms with Gasteiger partial charge >= 0.3 is 0 Å². The SMILES string of the molecule is NC(=O)COc1ccc(CN2CCC[C@@H](CCc3ccc(F)cc3)C2)cc1. The third-order valence-corrected chi connectivity index (χ3v) is 5.07. The number of benzene rings is 2. The van der Waals surface area contributed by atoms with E-state index in [9.17, 15) is 9.18 Å². The second kappa shape index (κ2) is 9.51. The number of nitrogens with zero attached hydrogens (tertiary/aromatic N) is 1. The van der Waals surface area contributed by atoms with Crippen molar-refractivity contribution in [2.75, 3.05) is 19.7 Å². The molecule has 1 fully saturated rings. The second-order valence-electron chi connectivity index (χ2n) is 7.31. The maximum absolute atomic E-state index is 13.0. The van der Waals surface area contributed by atoms with Crippen LogP contribution < -0.4 is 10.5 Å². The Morgan fingerprint density at radius 2 is 1.81 bits per heavy atom. The van der Waals surface area contributed by atoms with Gasteiger partial charge in [0.2, 0.25) is 0 Å². The van der Waals surface area contributed by atoms with Crippen molar-refractivity contribution >= 4 is 5.91 Å². The van der Waals surface area contributed by atoms with Gasteiger partial charge in [-0.15, -0.1) is 0 Å². The van der Waals surface area contributed by atoms with Crippen LogP contribution in [0.15, 0.2) is 48.5 Å². The number of likely N-dealkylation sites (tertiary alicyclic amines) is 1. The summed E-state index contributed by atoms with van der Waals surface area (Å²) in [5, 5.41) is 0. The fourth-order valence-corrected chi connectivity index (χ4v) is 3.66. The van der Waals surface area contributed by atoms with E-state index in [1.807, 2.05) is 36.4 Å². The molecular formula is C22H27FN2O2. The summed E-state index contributed by atoms with van der Waals surface area (Å²) in [6.07, 6.45) is 4.62. The van der Waals surface area contributed by atoms with Crippen LogP contribution in [0.2, 0.25) is 0 Å². The Morgan fingerprint density at radius 1 is 1.11 bits per heavy atom. The van der Waals surface area contributed by atoms with Crippen molar-refractivity contribution in [3.8, 4) is 5.75 Å². The van der Waals surface area contributed by atoms with Gasteiger partial charge in [-0.2, -0.15) is 0 Å². The zero-order valence-electron chi connectivity index (χ0n) is 15.6. The van der Waals surface area contributed by atoms with Gasteiger partial charge in [-0.1, -0.05) is 24.3 Å². The van der Waals surface area contributed by atoms with Gasteiger partial charge in [0.25, 0.3) is 5.91 Å². The first kappa shape index (κ1) is 19.4. The molecule has 2 aromatic rings. The van der Waals surface area contributed by atoms with Crippen LogP contribution in [0.5, 0.6) is 5.75 Å². The van der Waals surface area contributed by atoms with Gasteiger partial charge in [-0.3, -0.25) is 9.69 Å². The second-order valence-corrected chi connectivity index (χ2v) is 7.31. The molecule has 0 radical (unpaired) electrons. The van der Waals surface area contributed by atoms with Crippen LogP contribution in [-0.4, -0.2) is 30.5 Å². The number of hydrogen-bond donors (Lipinski definition) is 1. The molecular weight excluding hydrogens is 343 g/mol. The largest absolute Gasteiger partial charge is 0.484 e. The van der Waals surface area contributed by atoms with Gasteiger partial charge in [0.1, 0.15) is 11.6 Å². The molecule has 3 rings (SSSR count). The predicted molar refractivity (Wildman–Crippen MR) is 104 cm³/mol. The Bertz CT molecular complexity index is 731. The highest BCUT2D eigenvalue weighted by Crippen LogP contribution is 2.23. The standard InChI is InChI=1S/C22H27FN2O2/c23-20-9-5-17(6-10-20)3-4-18-2-1-13-25(14-18)15-19-7-11-21(12-8-19)27-16-22(24)26/h5-12,18H,1-4,13-16H2,(H2,24,26)/t18-/m0/s1. The molecule has 2 N–H and O–H groups in total. The zero-order valence-corrected chi connectivity index (χ0v) is 15.6. The Balaban J connectivity index is 1.46. The lowest BCUT2D eigenvalue weighted by molar-refractivity contribution is -0.119. The van der Waals surface area contributed by atoms with Gasteiger partial charge in [0, 0.05) is 13.1 Å². The third-order valence-electron chi connectivity index (χ3n) is 5.07. The minimum Gasteiger partial charge on any atom is -0.484 e. The van der Waals surface area contributed by atoms with E-state index in [1.54, 1.807) is 12.1 Å². The van der Waals surface area contributed by atoms with E-state index >= 15 is 0 Å². The molecule has 0 aliphatic carbocycles. The van der Waals surface area contributed by atoms with Crippen molar-refractivity contribution in [1.82, 2.24) is 4.90 Å². The number of carbonyl (C=O) groups excluding carboxylic acids is 1. The summed E-state index contributed by atoms with van der Waals surface area (Å²) in [4.78, 5) is 13.3. The summed E-state index contributed by atoms with van der Waals surface area (Å²) in [5.74, 6) is 0.697. The smallest absolute Gasteiger partial charge is 0.255 e. The van der Waals surface area contributed by atoms with Crippen LogP contribution in [0.25, 0.3) is 0 Å². The van der Waals surface area contributed by atoms with Crippen molar-refractivity contribution in [1.29, 1.82) is 0 Å². The fraction of sp³-hybridized carbons (Fsp3) is 0.409. The molecule has 1 heterocycles. The Kier molecular flexibility index (Phi) is 6.82. The molecule has 2 aromatic carbocycles. The molecule has 27 heavy (non-hydrogen) atoms. The van der Waals surface area contributed by atoms with Crippen molar-refractivity contribution < 1.29 is 13.9 Å². The van der Waals surface area contributed by atoms with E-state index in [2.05, 4.69) is 4.90 Å². The van der Waals surface area contributed by atoms with Gasteiger partial charge in [0.15, 0.2) is 6.61 Å². The summed E-state index contributed by atoms with van der Waals surface area (Å²) < 4.78 is 18.3. The molecule has 1 aliphatic heterocycles. The number of amides is 1. The predicted octanol–water partition coefficient (Wildman–Crippen LogP) is 3.53. The van der Waals surface area contributed by atoms with E-state index < -0.39 is 5.91 Å². The normalized spacial score (nSPS) is 17.6. The minimum atomic E-state index is -0.473. The lowest BCUT2D eigenvalue weighted by Gasteiger charge is -2.33. The average molecular weight is 370 g/mol. The first-order valence-corrected chi connectivity index (χ1v) is 9.55. The van der Waals surface area contributed by atoms with Crippen LogP contribution in [0.1, 0.15) is 30.4 Å². The van der Waals surface area contributed by atoms with E-state index in [-0.39, 0.29) is 12.4 Å². The molecule has 1 amide bonds. The summed E-state index contributed by atoms with van der Waals surface area (Å²) >= 11 is 0. The molecule has 1 atom stereocenters. The first-order chi connectivity index (χ1) is 13.1. The number of carbonyl (C=O) groups is 1. The van der Waals surface area contributed by atoms with Crippen LogP contribution in [0.4, 0.5) is 4.39 Å². The fourth-order valence-electron chi connectivity index (χ4n) is 3.66. The van der Waals surface area contributed by atoms with Crippen LogP contribution in [-0.2, 0) is 17.8 Å². The molecule has 0 bridgehead atoms. The molecule has 0 spiro atoms. The highest BCUT2D eigenvalue weighted by molar-refractivity contribution is 5.75. The minimum absolute atomic E-state index is 0.0960. The van der Waals surface area contributed by atoms with Crippen molar-refractivity contribution in [2.45, 2.75) is 32.2 Å². The zero-order chi connectivity index (χ0) is 19.1. The van der Waals surface area contributed by atoms with Crippen LogP contribution in [0.3, 0.4) is 0 Å². The van der Waals surface area contributed by atoms with Gasteiger partial charge in [-0.05, 0) is 73.5 Å². The number of hydrogen-bond acceptors (Lipinski definition) is 3. The number of ether oxygens (including phenoxy) is 1. The van der Waals surface area contributed by atoms with Crippen molar-refractivity contribution in [2.24, 2.45) is 11.7 Å². The number of halogens is 1. The molecule has 4 nitrogen and oxygen atoms in total. The number of primary amides is 1. The van der Waals surface area contributed by atoms with E-state index in [0.717, 1.165) is 32.5 Å². The average Bonchev–Trinajstić information content (AvgIpc) is 2.67. The molecule has 0 unspecified atom stereocenters. The summed E-state index contributed by atoms with van der Waals surface area (Å²) in [7, 11) is 0. The van der Waals surface area contributed by atoms with E-state index in [4.69, 9.17) is 10.5 Å². The van der Waals surface area contributed by atoms with Crippen LogP contribution in [0, 0.1) is 11.7 Å². The Hall–Kier alpha value is -2.40. The number of nitrogens with two attached hydrogens (primary N) is 1. The lowest BCUT2D eigenvalue weighted by Crippen LogP contribution is -2.35. The summed E-state index contributed by atoms with van der Waals surface area (Å²) in [6, 6.07) is 14.7. The van der Waals surface area contributed by atoms with Gasteiger partial charge < -0.3 is 10.5 Å². The number of rotatable bonds is 8. The highest BCUT2D eigenvalue weighted by atomic mass is 19.1. The molecule has 0 saturated carbocycles. The topological polar surface area (TPSA) is 55.6 Å². The van der Waals surface area contributed by atoms with Gasteiger partial charge in [-0.25, -0.2) is 4.39 Å². The first-order valence-electron chi connectivity index (χ1n) is 9.55. The third kappa shape index (κ3) is 6.36. The summed E-state index contributed by atoms with van der Waals surface area (Å²) in [6.45, 7) is 3.04. The quantitative estimate of drug-likeness (QED) is 0.773. The summed E-state index contributed by atoms with van der Waals surface area (Å²) in [5.41, 5.74) is 7.53. The van der Waals surface area contributed by atoms with E-state index in [0.29, 0.717) is 11.7 Å². The maximum Gasteiger partial charge on any atom is 0.255 e. The molecule has 0 aromatic heterocycles. The maximum atomic E-state index is 13.0. The highest BCUT2D eigenvalue weighted by Gasteiger charge is 2.19. The van der Waals surface area contributed by atoms with E-state index in [1.165, 1.54) is 24.0 Å². The lowest BCUT2D eigenvalue weighted by atomic mass is 9.91. The van der Waals surface area contributed by atoms with Crippen molar-refractivity contribution in [3.63, 3.8) is 0 Å². The van der Waals surface area contributed by atoms with Crippen molar-refractivity contribution in [3.05, 3.63) is 65.5 Å². The monoisotopic (exact) mass is 370 g/mol. The molecule has 1 saturated heterocycles. The molecule has 1 aliphatic rings.